The van der Waals surface area contributed by atoms with E-state index in [9.17, 15) is 0 Å². The van der Waals surface area contributed by atoms with Crippen molar-refractivity contribution in [1.29, 1.82) is 0 Å². The maximum Gasteiger partial charge on any atom is 0.108 e. The number of nitrogens with zero attached hydrogens (tertiary/aromatic N) is 4. The number of hydrazine groups is 1. The summed E-state index contributed by atoms with van der Waals surface area (Å²) in [6.45, 7) is 4.19. The fourth-order valence-corrected chi connectivity index (χ4v) is 2.75. The molecule has 0 aliphatic rings. The molecule has 116 valence electrons. The number of hydrogen-bond donors (Lipinski definition) is 2. The van der Waals surface area contributed by atoms with Gasteiger partial charge in [-0.1, -0.05) is 0 Å². The van der Waals surface area contributed by atoms with Crippen LogP contribution in [0.2, 0.25) is 0 Å². The van der Waals surface area contributed by atoms with E-state index in [1.807, 2.05) is 31.2 Å². The second kappa shape index (κ2) is 6.87. The molecule has 2 aromatic heterocycles. The van der Waals surface area contributed by atoms with Crippen LogP contribution in [0, 0.1) is 13.8 Å². The highest BCUT2D eigenvalue weighted by molar-refractivity contribution is 5.24. The minimum absolute atomic E-state index is 0.292. The molecule has 6 heteroatoms. The molecular formula is C15H26N6. The Labute approximate surface area is 126 Å². The van der Waals surface area contributed by atoms with Crippen molar-refractivity contribution in [3.8, 4) is 0 Å². The summed E-state index contributed by atoms with van der Waals surface area (Å²) < 4.78 is 4.01. The molecule has 0 fully saturated rings. The molecule has 1 unspecified atom stereocenters. The Morgan fingerprint density at radius 1 is 1.24 bits per heavy atom. The topological polar surface area (TPSA) is 73.7 Å². The third kappa shape index (κ3) is 3.71. The number of aromatic nitrogens is 4. The summed E-state index contributed by atoms with van der Waals surface area (Å²) in [4.78, 5) is 4.35. The Hall–Kier alpha value is -1.66. The second-order valence-corrected chi connectivity index (χ2v) is 5.67. The quantitative estimate of drug-likeness (QED) is 0.593. The lowest BCUT2D eigenvalue weighted by molar-refractivity contribution is 0.457. The zero-order valence-corrected chi connectivity index (χ0v) is 13.4. The van der Waals surface area contributed by atoms with E-state index >= 15 is 0 Å². The van der Waals surface area contributed by atoms with Crippen LogP contribution < -0.4 is 11.3 Å². The van der Waals surface area contributed by atoms with Gasteiger partial charge in [-0.2, -0.15) is 5.10 Å². The van der Waals surface area contributed by atoms with Gasteiger partial charge in [0.05, 0.1) is 5.69 Å². The molecule has 0 amide bonds. The molecule has 2 aromatic rings. The average Bonchev–Trinajstić information content (AvgIpc) is 2.96. The van der Waals surface area contributed by atoms with Gasteiger partial charge in [-0.15, -0.1) is 0 Å². The molecule has 0 saturated carbocycles. The molecule has 0 bridgehead atoms. The van der Waals surface area contributed by atoms with Crippen LogP contribution in [0.5, 0.6) is 0 Å². The molecule has 2 rings (SSSR count). The van der Waals surface area contributed by atoms with Crippen molar-refractivity contribution in [1.82, 2.24) is 24.8 Å². The predicted octanol–water partition coefficient (Wildman–Crippen LogP) is 1.17. The summed E-state index contributed by atoms with van der Waals surface area (Å²) in [5, 5.41) is 4.46. The number of nitrogens with two attached hydrogens (primary N) is 1. The molecule has 0 saturated heterocycles. The molecule has 0 aromatic carbocycles. The zero-order valence-electron chi connectivity index (χ0n) is 13.4. The summed E-state index contributed by atoms with van der Waals surface area (Å²) in [6.07, 6.45) is 7.74. The fraction of sp³-hybridized carbons (Fsp3) is 0.600. The lowest BCUT2D eigenvalue weighted by Crippen LogP contribution is -2.36. The standard InChI is InChI=1S/C15H26N6/c1-11-14(12(2)21(4)19-11)7-5-13(18-16)6-8-15-17-9-10-20(15)3/h9-10,13,18H,5-8,16H2,1-4H3. The SMILES string of the molecule is Cc1nn(C)c(C)c1CCC(CCc1nccn1C)NN. The van der Waals surface area contributed by atoms with E-state index in [4.69, 9.17) is 5.84 Å². The van der Waals surface area contributed by atoms with E-state index in [0.717, 1.165) is 37.2 Å². The number of imidazole rings is 1. The molecule has 6 nitrogen and oxygen atoms in total. The summed E-state index contributed by atoms with van der Waals surface area (Å²) in [6, 6.07) is 0.292. The number of rotatable bonds is 7. The van der Waals surface area contributed by atoms with Gasteiger partial charge < -0.3 is 4.57 Å². The van der Waals surface area contributed by atoms with Crippen LogP contribution in [-0.4, -0.2) is 25.4 Å². The van der Waals surface area contributed by atoms with Gasteiger partial charge in [0, 0.05) is 44.6 Å². The maximum atomic E-state index is 5.70. The van der Waals surface area contributed by atoms with E-state index in [-0.39, 0.29) is 0 Å². The third-order valence-corrected chi connectivity index (χ3v) is 4.27. The van der Waals surface area contributed by atoms with Crippen molar-refractivity contribution in [2.75, 3.05) is 0 Å². The van der Waals surface area contributed by atoms with E-state index < -0.39 is 0 Å². The normalized spacial score (nSPS) is 12.8. The van der Waals surface area contributed by atoms with Gasteiger partial charge in [0.25, 0.3) is 0 Å². The summed E-state index contributed by atoms with van der Waals surface area (Å²) in [7, 11) is 4.02. The van der Waals surface area contributed by atoms with Crippen molar-refractivity contribution in [2.45, 2.75) is 45.6 Å². The van der Waals surface area contributed by atoms with Crippen LogP contribution in [0.25, 0.3) is 0 Å². The van der Waals surface area contributed by atoms with Crippen molar-refractivity contribution in [2.24, 2.45) is 19.9 Å². The number of hydrogen-bond acceptors (Lipinski definition) is 4. The molecule has 2 heterocycles. The lowest BCUT2D eigenvalue weighted by Gasteiger charge is -2.15. The lowest BCUT2D eigenvalue weighted by atomic mass is 10.0. The smallest absolute Gasteiger partial charge is 0.108 e. The van der Waals surface area contributed by atoms with Crippen molar-refractivity contribution in [3.63, 3.8) is 0 Å². The molecule has 0 radical (unpaired) electrons. The van der Waals surface area contributed by atoms with Gasteiger partial charge in [-0.3, -0.25) is 16.0 Å². The van der Waals surface area contributed by atoms with Gasteiger partial charge in [0.1, 0.15) is 5.82 Å². The maximum absolute atomic E-state index is 5.70. The molecule has 0 aliphatic heterocycles. The van der Waals surface area contributed by atoms with E-state index in [1.165, 1.54) is 11.3 Å². The highest BCUT2D eigenvalue weighted by atomic mass is 15.3. The second-order valence-electron chi connectivity index (χ2n) is 5.67. The Balaban J connectivity index is 1.89. The fourth-order valence-electron chi connectivity index (χ4n) is 2.75. The molecule has 21 heavy (non-hydrogen) atoms. The van der Waals surface area contributed by atoms with Gasteiger partial charge in [-0.05, 0) is 38.7 Å². The number of aryl methyl sites for hydroxylation is 4. The molecular weight excluding hydrogens is 264 g/mol. The van der Waals surface area contributed by atoms with Gasteiger partial charge in [0.15, 0.2) is 0 Å². The van der Waals surface area contributed by atoms with Crippen molar-refractivity contribution in [3.05, 3.63) is 35.2 Å². The van der Waals surface area contributed by atoms with Gasteiger partial charge in [0.2, 0.25) is 0 Å². The number of nitrogens with one attached hydrogen (secondary N) is 1. The van der Waals surface area contributed by atoms with Gasteiger partial charge >= 0.3 is 0 Å². The van der Waals surface area contributed by atoms with Crippen LogP contribution >= 0.6 is 0 Å². The van der Waals surface area contributed by atoms with Crippen LogP contribution in [0.1, 0.15) is 35.6 Å². The predicted molar refractivity (Wildman–Crippen MR) is 83.6 cm³/mol. The molecule has 1 atom stereocenters. The van der Waals surface area contributed by atoms with Crippen LogP contribution in [0.3, 0.4) is 0 Å². The highest BCUT2D eigenvalue weighted by Gasteiger charge is 2.13. The monoisotopic (exact) mass is 290 g/mol. The molecule has 0 spiro atoms. The Morgan fingerprint density at radius 3 is 2.48 bits per heavy atom. The zero-order chi connectivity index (χ0) is 15.4. The third-order valence-electron chi connectivity index (χ3n) is 4.27. The van der Waals surface area contributed by atoms with Crippen LogP contribution in [0.15, 0.2) is 12.4 Å². The average molecular weight is 290 g/mol. The molecule has 3 N–H and O–H groups in total. The minimum atomic E-state index is 0.292. The van der Waals surface area contributed by atoms with E-state index in [2.05, 4.69) is 33.9 Å². The first kappa shape index (κ1) is 15.7. The van der Waals surface area contributed by atoms with Crippen LogP contribution in [0.4, 0.5) is 0 Å². The summed E-state index contributed by atoms with van der Waals surface area (Å²) >= 11 is 0. The molecule has 0 aliphatic carbocycles. The van der Waals surface area contributed by atoms with E-state index in [0.29, 0.717) is 6.04 Å². The first-order valence-corrected chi connectivity index (χ1v) is 7.44. The summed E-state index contributed by atoms with van der Waals surface area (Å²) in [5.74, 6) is 6.80. The summed E-state index contributed by atoms with van der Waals surface area (Å²) in [5.41, 5.74) is 6.64. The largest absolute Gasteiger partial charge is 0.338 e. The van der Waals surface area contributed by atoms with Crippen molar-refractivity contribution >= 4 is 0 Å². The first-order valence-electron chi connectivity index (χ1n) is 7.44. The Kier molecular flexibility index (Phi) is 5.14. The highest BCUT2D eigenvalue weighted by Crippen LogP contribution is 2.16. The van der Waals surface area contributed by atoms with E-state index in [1.54, 1.807) is 0 Å². The first-order chi connectivity index (χ1) is 10.0. The minimum Gasteiger partial charge on any atom is -0.338 e. The Bertz CT molecular complexity index is 583. The van der Waals surface area contributed by atoms with Crippen LogP contribution in [-0.2, 0) is 26.9 Å². The van der Waals surface area contributed by atoms with Gasteiger partial charge in [-0.25, -0.2) is 4.98 Å². The van der Waals surface area contributed by atoms with Crippen molar-refractivity contribution < 1.29 is 0 Å². The Morgan fingerprint density at radius 2 is 1.95 bits per heavy atom.